The molecule has 1 N–H and O–H groups in total. The number of H-pyrrole nitrogens is 1. The van der Waals surface area contributed by atoms with E-state index >= 15 is 0 Å². The van der Waals surface area contributed by atoms with Gasteiger partial charge in [0.25, 0.3) is 12.0 Å². The van der Waals surface area contributed by atoms with E-state index in [0.717, 1.165) is 5.69 Å². The number of aromatic amines is 1. The van der Waals surface area contributed by atoms with E-state index in [4.69, 9.17) is 5.26 Å². The highest BCUT2D eigenvalue weighted by Crippen LogP contribution is 2.25. The van der Waals surface area contributed by atoms with Gasteiger partial charge in [-0.3, -0.25) is 14.6 Å². The summed E-state index contributed by atoms with van der Waals surface area (Å²) < 4.78 is 28.8. The average Bonchev–Trinajstić information content (AvgIpc) is 2.98. The predicted octanol–water partition coefficient (Wildman–Crippen LogP) is 2.65. The number of halogens is 2. The molecule has 2 rings (SSSR count). The van der Waals surface area contributed by atoms with Crippen LogP contribution in [0.15, 0.2) is 11.0 Å². The van der Waals surface area contributed by atoms with Crippen molar-refractivity contribution >= 4 is 0 Å². The summed E-state index contributed by atoms with van der Waals surface area (Å²) in [6.45, 7) is 5.84. The fourth-order valence-electron chi connectivity index (χ4n) is 2.70. The van der Waals surface area contributed by atoms with Gasteiger partial charge in [0.15, 0.2) is 0 Å². The molecular formula is C16H21F2N5O. The van der Waals surface area contributed by atoms with Gasteiger partial charge in [-0.25, -0.2) is 13.5 Å². The van der Waals surface area contributed by atoms with Crippen molar-refractivity contribution < 1.29 is 8.78 Å². The number of nitrogens with zero attached hydrogens (tertiary/aromatic N) is 4. The summed E-state index contributed by atoms with van der Waals surface area (Å²) in [7, 11) is 1.56. The fraction of sp³-hybridized carbons (Fsp3) is 0.562. The number of alkyl halides is 2. The molecule has 0 aliphatic rings. The Balaban J connectivity index is 2.47. The van der Waals surface area contributed by atoms with Gasteiger partial charge in [-0.2, -0.15) is 10.4 Å². The van der Waals surface area contributed by atoms with Crippen molar-refractivity contribution in [3.63, 3.8) is 0 Å². The average molecular weight is 337 g/mol. The first-order valence-electron chi connectivity index (χ1n) is 7.64. The van der Waals surface area contributed by atoms with Gasteiger partial charge in [0, 0.05) is 41.9 Å². The van der Waals surface area contributed by atoms with Crippen LogP contribution >= 0.6 is 0 Å². The lowest BCUT2D eigenvalue weighted by molar-refractivity contribution is 0.144. The first kappa shape index (κ1) is 17.9. The van der Waals surface area contributed by atoms with Crippen LogP contribution in [0.5, 0.6) is 0 Å². The summed E-state index contributed by atoms with van der Waals surface area (Å²) in [6.07, 6.45) is -0.654. The molecule has 2 aromatic rings. The SMILES string of the molecule is Cn1cc(Cn2[nH]c(C(C)(C)C)c(CCC#N)c2=O)c(C(F)F)n1. The maximum Gasteiger partial charge on any atom is 0.282 e. The van der Waals surface area contributed by atoms with Crippen LogP contribution in [0.1, 0.15) is 56.1 Å². The minimum atomic E-state index is -2.70. The second-order valence-electron chi connectivity index (χ2n) is 6.78. The molecule has 0 aromatic carbocycles. The number of rotatable bonds is 5. The van der Waals surface area contributed by atoms with Gasteiger partial charge in [-0.1, -0.05) is 20.8 Å². The van der Waals surface area contributed by atoms with Crippen molar-refractivity contribution in [3.8, 4) is 6.07 Å². The Hall–Kier alpha value is -2.43. The number of hydrogen-bond donors (Lipinski definition) is 1. The number of aryl methyl sites for hydroxylation is 1. The molecule has 0 fully saturated rings. The van der Waals surface area contributed by atoms with E-state index in [0.29, 0.717) is 17.5 Å². The van der Waals surface area contributed by atoms with E-state index in [1.54, 1.807) is 7.05 Å². The maximum atomic E-state index is 13.1. The first-order valence-corrected chi connectivity index (χ1v) is 7.64. The van der Waals surface area contributed by atoms with Gasteiger partial charge in [0.1, 0.15) is 5.69 Å². The van der Waals surface area contributed by atoms with Crippen LogP contribution in [0.2, 0.25) is 0 Å². The summed E-state index contributed by atoms with van der Waals surface area (Å²) in [6, 6.07) is 2.03. The Morgan fingerprint density at radius 3 is 2.62 bits per heavy atom. The summed E-state index contributed by atoms with van der Waals surface area (Å²) in [5.74, 6) is 0. The Bertz CT molecular complexity index is 817. The van der Waals surface area contributed by atoms with E-state index in [1.807, 2.05) is 26.8 Å². The van der Waals surface area contributed by atoms with Crippen LogP contribution in [0, 0.1) is 11.3 Å². The monoisotopic (exact) mass is 337 g/mol. The molecule has 6 nitrogen and oxygen atoms in total. The topological polar surface area (TPSA) is 79.4 Å². The van der Waals surface area contributed by atoms with Crippen LogP contribution in [-0.2, 0) is 25.4 Å². The van der Waals surface area contributed by atoms with Crippen LogP contribution in [-0.4, -0.2) is 19.6 Å². The highest BCUT2D eigenvalue weighted by Gasteiger charge is 2.25. The van der Waals surface area contributed by atoms with Gasteiger partial charge in [-0.15, -0.1) is 0 Å². The molecule has 0 saturated carbocycles. The summed E-state index contributed by atoms with van der Waals surface area (Å²) in [4.78, 5) is 12.6. The smallest absolute Gasteiger partial charge is 0.282 e. The van der Waals surface area contributed by atoms with E-state index in [9.17, 15) is 13.6 Å². The molecule has 24 heavy (non-hydrogen) atoms. The zero-order valence-corrected chi connectivity index (χ0v) is 14.2. The second-order valence-corrected chi connectivity index (χ2v) is 6.78. The van der Waals surface area contributed by atoms with Crippen molar-refractivity contribution in [3.05, 3.63) is 39.1 Å². The largest absolute Gasteiger partial charge is 0.299 e. The van der Waals surface area contributed by atoms with Crippen LogP contribution in [0.3, 0.4) is 0 Å². The number of hydrogen-bond acceptors (Lipinski definition) is 3. The van der Waals surface area contributed by atoms with Gasteiger partial charge >= 0.3 is 0 Å². The van der Waals surface area contributed by atoms with Crippen molar-refractivity contribution in [2.24, 2.45) is 7.05 Å². The second kappa shape index (κ2) is 6.59. The van der Waals surface area contributed by atoms with Gasteiger partial charge < -0.3 is 0 Å². The normalized spacial score (nSPS) is 11.9. The van der Waals surface area contributed by atoms with E-state index in [2.05, 4.69) is 10.2 Å². The van der Waals surface area contributed by atoms with Crippen LogP contribution in [0.25, 0.3) is 0 Å². The Morgan fingerprint density at radius 2 is 2.08 bits per heavy atom. The molecule has 2 aromatic heterocycles. The third kappa shape index (κ3) is 3.55. The summed E-state index contributed by atoms with van der Waals surface area (Å²) in [5, 5.41) is 15.6. The number of nitrogens with one attached hydrogen (secondary N) is 1. The Labute approximate surface area is 138 Å². The number of nitriles is 1. The van der Waals surface area contributed by atoms with E-state index in [1.165, 1.54) is 15.6 Å². The molecule has 8 heteroatoms. The molecular weight excluding hydrogens is 316 g/mol. The molecule has 130 valence electrons. The molecule has 0 radical (unpaired) electrons. The molecule has 0 atom stereocenters. The lowest BCUT2D eigenvalue weighted by Gasteiger charge is -2.18. The Kier molecular flexibility index (Phi) is 4.92. The van der Waals surface area contributed by atoms with Gasteiger partial charge in [0.05, 0.1) is 12.6 Å². The highest BCUT2D eigenvalue weighted by atomic mass is 19.3. The molecule has 0 amide bonds. The molecule has 0 spiro atoms. The Morgan fingerprint density at radius 1 is 1.42 bits per heavy atom. The summed E-state index contributed by atoms with van der Waals surface area (Å²) in [5.41, 5.74) is 0.629. The minimum Gasteiger partial charge on any atom is -0.299 e. The van der Waals surface area contributed by atoms with Crippen LogP contribution in [0.4, 0.5) is 8.78 Å². The predicted molar refractivity (Wildman–Crippen MR) is 85.0 cm³/mol. The lowest BCUT2D eigenvalue weighted by Crippen LogP contribution is -2.20. The highest BCUT2D eigenvalue weighted by molar-refractivity contribution is 5.26. The van der Waals surface area contributed by atoms with Crippen LogP contribution < -0.4 is 5.56 Å². The zero-order chi connectivity index (χ0) is 18.1. The van der Waals surface area contributed by atoms with E-state index < -0.39 is 6.43 Å². The standard InChI is InChI=1S/C16H21F2N5O/c1-16(2,3)13-11(6-5-7-19)15(24)23(21-13)9-10-8-22(4)20-12(10)14(17)18/h8,14,21H,5-6,9H2,1-4H3. The van der Waals surface area contributed by atoms with Gasteiger partial charge in [-0.05, 0) is 6.42 Å². The summed E-state index contributed by atoms with van der Waals surface area (Å²) >= 11 is 0. The molecule has 0 aliphatic heterocycles. The molecule has 0 aliphatic carbocycles. The van der Waals surface area contributed by atoms with Crippen molar-refractivity contribution in [2.45, 2.75) is 52.0 Å². The fourth-order valence-corrected chi connectivity index (χ4v) is 2.70. The molecule has 0 unspecified atom stereocenters. The first-order chi connectivity index (χ1) is 11.1. The molecule has 2 heterocycles. The number of aromatic nitrogens is 4. The minimum absolute atomic E-state index is 0.0119. The maximum absolute atomic E-state index is 13.1. The van der Waals surface area contributed by atoms with Crippen molar-refractivity contribution in [1.29, 1.82) is 5.26 Å². The third-order valence-electron chi connectivity index (χ3n) is 3.76. The van der Waals surface area contributed by atoms with E-state index in [-0.39, 0.29) is 29.6 Å². The van der Waals surface area contributed by atoms with Crippen molar-refractivity contribution in [1.82, 2.24) is 19.6 Å². The lowest BCUT2D eigenvalue weighted by atomic mass is 9.88. The zero-order valence-electron chi connectivity index (χ0n) is 14.2. The molecule has 0 saturated heterocycles. The van der Waals surface area contributed by atoms with Gasteiger partial charge in [0.2, 0.25) is 0 Å². The quantitative estimate of drug-likeness (QED) is 0.911. The third-order valence-corrected chi connectivity index (χ3v) is 3.76. The van der Waals surface area contributed by atoms with Crippen molar-refractivity contribution in [2.75, 3.05) is 0 Å². The molecule has 0 bridgehead atoms.